The van der Waals surface area contributed by atoms with Crippen molar-refractivity contribution in [1.29, 1.82) is 0 Å². The number of hydrogen-bond donors (Lipinski definition) is 2. The van der Waals surface area contributed by atoms with Crippen LogP contribution in [0, 0.1) is 24.7 Å². The Bertz CT molecular complexity index is 927. The van der Waals surface area contributed by atoms with E-state index in [9.17, 15) is 23.2 Å². The van der Waals surface area contributed by atoms with E-state index in [4.69, 9.17) is 11.6 Å². The summed E-state index contributed by atoms with van der Waals surface area (Å²) in [4.78, 5) is 27.4. The predicted molar refractivity (Wildman–Crippen MR) is 120 cm³/mol. The maximum absolute atomic E-state index is 13.3. The first kappa shape index (κ1) is 26.6. The van der Waals surface area contributed by atoms with Crippen molar-refractivity contribution < 1.29 is 23.2 Å². The Morgan fingerprint density at radius 2 is 1.84 bits per heavy atom. The molecule has 0 aromatic carbocycles. The van der Waals surface area contributed by atoms with Crippen LogP contribution < -0.4 is 5.48 Å². The zero-order valence-electron chi connectivity index (χ0n) is 19.3. The normalized spacial score (nSPS) is 17.0. The van der Waals surface area contributed by atoms with Crippen LogP contribution in [0.5, 0.6) is 0 Å². The van der Waals surface area contributed by atoms with Gasteiger partial charge in [0.25, 0.3) is 5.91 Å². The molecule has 10 nitrogen and oxygen atoms in total. The van der Waals surface area contributed by atoms with Crippen molar-refractivity contribution in [1.82, 2.24) is 24.5 Å². The molecular formula is C20H34ClN5O5S. The van der Waals surface area contributed by atoms with Crippen molar-refractivity contribution in [3.05, 3.63) is 10.8 Å². The second-order valence-corrected chi connectivity index (χ2v) is 11.2. The van der Waals surface area contributed by atoms with E-state index in [1.54, 1.807) is 24.4 Å². The lowest BCUT2D eigenvalue weighted by atomic mass is 9.83. The van der Waals surface area contributed by atoms with Crippen LogP contribution in [0.3, 0.4) is 0 Å². The standard InChI is InChI=1S/C20H34ClN5O5S/c1-13(2)11-15(16(19(27)23-29)20(28)26-9-7-6-8-10-26)12-24(4)32(30,31)17-14(3)22-25(5)18(17)21/h13,15-16,29H,6-12H2,1-5H3,(H,23,27)/t15-,16+/m0/s1. The van der Waals surface area contributed by atoms with E-state index in [0.717, 1.165) is 23.6 Å². The van der Waals surface area contributed by atoms with Gasteiger partial charge < -0.3 is 4.90 Å². The molecule has 0 bridgehead atoms. The summed E-state index contributed by atoms with van der Waals surface area (Å²) in [6.45, 7) is 6.41. The summed E-state index contributed by atoms with van der Waals surface area (Å²) >= 11 is 6.19. The molecule has 12 heteroatoms. The molecule has 2 heterocycles. The van der Waals surface area contributed by atoms with Crippen LogP contribution >= 0.6 is 11.6 Å². The highest BCUT2D eigenvalue weighted by atomic mass is 35.5. The second-order valence-electron chi connectivity index (χ2n) is 8.84. The number of halogens is 1. The van der Waals surface area contributed by atoms with Crippen LogP contribution in [0.25, 0.3) is 0 Å². The first-order chi connectivity index (χ1) is 14.9. The lowest BCUT2D eigenvalue weighted by Crippen LogP contribution is -2.50. The molecule has 1 aromatic rings. The molecule has 182 valence electrons. The van der Waals surface area contributed by atoms with Crippen LogP contribution in [0.15, 0.2) is 4.90 Å². The van der Waals surface area contributed by atoms with Crippen molar-refractivity contribution in [3.8, 4) is 0 Å². The van der Waals surface area contributed by atoms with Gasteiger partial charge in [-0.15, -0.1) is 0 Å². The number of hydroxylamine groups is 1. The molecule has 0 spiro atoms. The van der Waals surface area contributed by atoms with Crippen LogP contribution in [0.1, 0.15) is 45.2 Å². The average molecular weight is 492 g/mol. The number of carbonyl (C=O) groups is 2. The van der Waals surface area contributed by atoms with Crippen LogP contribution in [-0.4, -0.2) is 71.1 Å². The molecule has 2 amide bonds. The number of sulfonamides is 1. The molecular weight excluding hydrogens is 458 g/mol. The smallest absolute Gasteiger partial charge is 0.256 e. The number of hydrogen-bond acceptors (Lipinski definition) is 6. The molecule has 0 unspecified atom stereocenters. The molecule has 0 radical (unpaired) electrons. The number of likely N-dealkylation sites (tertiary alicyclic amines) is 1. The van der Waals surface area contributed by atoms with E-state index in [1.165, 1.54) is 11.7 Å². The zero-order valence-corrected chi connectivity index (χ0v) is 20.9. The number of nitrogens with zero attached hydrogens (tertiary/aromatic N) is 4. The lowest BCUT2D eigenvalue weighted by molar-refractivity contribution is -0.149. The number of rotatable bonds is 9. The summed E-state index contributed by atoms with van der Waals surface area (Å²) in [5.41, 5.74) is 1.88. The Morgan fingerprint density at radius 1 is 1.25 bits per heavy atom. The average Bonchev–Trinajstić information content (AvgIpc) is 2.99. The van der Waals surface area contributed by atoms with E-state index >= 15 is 0 Å². The highest BCUT2D eigenvalue weighted by Crippen LogP contribution is 2.30. The molecule has 2 N–H and O–H groups in total. The minimum absolute atomic E-state index is 0.0104. The van der Waals surface area contributed by atoms with Crippen molar-refractivity contribution in [2.75, 3.05) is 26.7 Å². The van der Waals surface area contributed by atoms with E-state index in [0.29, 0.717) is 19.5 Å². The minimum atomic E-state index is -4.03. The largest absolute Gasteiger partial charge is 0.342 e. The Kier molecular flexibility index (Phi) is 9.09. The summed E-state index contributed by atoms with van der Waals surface area (Å²) < 4.78 is 29.0. The van der Waals surface area contributed by atoms with Crippen molar-refractivity contribution in [2.24, 2.45) is 24.8 Å². The fourth-order valence-corrected chi connectivity index (χ4v) is 6.24. The van der Waals surface area contributed by atoms with Gasteiger partial charge in [0.1, 0.15) is 16.0 Å². The monoisotopic (exact) mass is 491 g/mol. The minimum Gasteiger partial charge on any atom is -0.342 e. The van der Waals surface area contributed by atoms with Gasteiger partial charge in [-0.05, 0) is 44.4 Å². The first-order valence-corrected chi connectivity index (χ1v) is 12.6. The summed E-state index contributed by atoms with van der Waals surface area (Å²) in [6.07, 6.45) is 3.13. The van der Waals surface area contributed by atoms with Crippen molar-refractivity contribution in [3.63, 3.8) is 0 Å². The van der Waals surface area contributed by atoms with Crippen molar-refractivity contribution in [2.45, 2.75) is 51.3 Å². The third kappa shape index (κ3) is 5.81. The molecule has 2 atom stereocenters. The van der Waals surface area contributed by atoms with Crippen LogP contribution in [0.2, 0.25) is 5.15 Å². The fourth-order valence-electron chi connectivity index (χ4n) is 4.32. The molecule has 1 aromatic heterocycles. The van der Waals surface area contributed by atoms with E-state index in [-0.39, 0.29) is 34.1 Å². The van der Waals surface area contributed by atoms with Gasteiger partial charge in [0, 0.05) is 33.7 Å². The highest BCUT2D eigenvalue weighted by Gasteiger charge is 2.40. The topological polar surface area (TPSA) is 125 Å². The summed E-state index contributed by atoms with van der Waals surface area (Å²) in [5.74, 6) is -2.98. The molecule has 1 fully saturated rings. The van der Waals surface area contributed by atoms with Gasteiger partial charge in [-0.1, -0.05) is 25.4 Å². The van der Waals surface area contributed by atoms with Gasteiger partial charge >= 0.3 is 0 Å². The van der Waals surface area contributed by atoms with Crippen LogP contribution in [-0.2, 0) is 26.7 Å². The quantitative estimate of drug-likeness (QED) is 0.308. The predicted octanol–water partition coefficient (Wildman–Crippen LogP) is 1.80. The van der Waals surface area contributed by atoms with Crippen molar-refractivity contribution >= 4 is 33.4 Å². The maximum Gasteiger partial charge on any atom is 0.256 e. The van der Waals surface area contributed by atoms with E-state index in [1.807, 2.05) is 13.8 Å². The van der Waals surface area contributed by atoms with Gasteiger partial charge in [-0.3, -0.25) is 19.5 Å². The fraction of sp³-hybridized carbons (Fsp3) is 0.750. The molecule has 1 aliphatic rings. The molecule has 0 aliphatic carbocycles. The number of aryl methyl sites for hydroxylation is 2. The number of carbonyl (C=O) groups excluding carboxylic acids is 2. The van der Waals surface area contributed by atoms with Gasteiger partial charge in [0.15, 0.2) is 0 Å². The third-order valence-corrected chi connectivity index (χ3v) is 8.35. The van der Waals surface area contributed by atoms with Crippen LogP contribution in [0.4, 0.5) is 0 Å². The van der Waals surface area contributed by atoms with E-state index in [2.05, 4.69) is 5.10 Å². The first-order valence-electron chi connectivity index (χ1n) is 10.8. The SMILES string of the molecule is Cc1nn(C)c(Cl)c1S(=O)(=O)N(C)C[C@H](CC(C)C)[C@H](C(=O)NO)C(=O)N1CCCCC1. The van der Waals surface area contributed by atoms with Gasteiger partial charge in [0.05, 0.1) is 5.69 Å². The number of nitrogens with one attached hydrogen (secondary N) is 1. The maximum atomic E-state index is 13.3. The summed E-state index contributed by atoms with van der Waals surface area (Å²) in [7, 11) is -1.08. The molecule has 1 saturated heterocycles. The number of aromatic nitrogens is 2. The molecule has 2 rings (SSSR count). The van der Waals surface area contributed by atoms with Gasteiger partial charge in [-0.25, -0.2) is 18.2 Å². The Morgan fingerprint density at radius 3 is 2.31 bits per heavy atom. The Balaban J connectivity index is 2.39. The van der Waals surface area contributed by atoms with Gasteiger partial charge in [0.2, 0.25) is 15.9 Å². The summed E-state index contributed by atoms with van der Waals surface area (Å²) in [5, 5.41) is 13.4. The van der Waals surface area contributed by atoms with Gasteiger partial charge in [-0.2, -0.15) is 5.10 Å². The molecule has 1 aliphatic heterocycles. The zero-order chi connectivity index (χ0) is 24.2. The van der Waals surface area contributed by atoms with E-state index < -0.39 is 27.8 Å². The second kappa shape index (κ2) is 11.0. The number of amides is 2. The third-order valence-electron chi connectivity index (χ3n) is 5.83. The lowest BCUT2D eigenvalue weighted by Gasteiger charge is -2.34. The highest BCUT2D eigenvalue weighted by molar-refractivity contribution is 7.89. The Labute approximate surface area is 194 Å². The number of piperidine rings is 1. The molecule has 32 heavy (non-hydrogen) atoms. The Hall–Kier alpha value is -1.69. The molecule has 0 saturated carbocycles. The summed E-state index contributed by atoms with van der Waals surface area (Å²) in [6, 6.07) is 0.